The molecule has 0 heterocycles. The molecule has 0 aromatic heterocycles. The maximum atomic E-state index is 2.51. The molecule has 0 N–H and O–H groups in total. The second-order valence-corrected chi connectivity index (χ2v) is 32.6. The van der Waals surface area contributed by atoms with Crippen molar-refractivity contribution >= 4 is 140 Å². The van der Waals surface area contributed by atoms with Crippen molar-refractivity contribution in [3.63, 3.8) is 0 Å². The molecule has 0 spiro atoms. The van der Waals surface area contributed by atoms with Crippen LogP contribution < -0.4 is 0 Å². The van der Waals surface area contributed by atoms with E-state index >= 15 is 0 Å². The Morgan fingerprint density at radius 1 is 0.126 bits per heavy atom. The normalized spacial score (nSPS) is 12.6. The first-order valence-corrected chi connectivity index (χ1v) is 39.5. The highest BCUT2D eigenvalue weighted by molar-refractivity contribution is 6.49. The summed E-state index contributed by atoms with van der Waals surface area (Å²) in [6, 6.07) is 116. The van der Waals surface area contributed by atoms with E-state index in [4.69, 9.17) is 0 Å². The molecule has 0 amide bonds. The molecule has 23 aromatic carbocycles. The van der Waals surface area contributed by atoms with E-state index in [0.717, 1.165) is 0 Å². The fraction of sp³-hybridized carbons (Fsp3) is 0.0631. The van der Waals surface area contributed by atoms with Crippen molar-refractivity contribution in [3.8, 4) is 122 Å². The van der Waals surface area contributed by atoms with E-state index in [0.29, 0.717) is 0 Å². The Balaban J connectivity index is 0.716. The highest BCUT2D eigenvalue weighted by atomic mass is 14.4. The minimum atomic E-state index is 1.21. The third kappa shape index (κ3) is 7.93. The van der Waals surface area contributed by atoms with Crippen LogP contribution in [0.4, 0.5) is 0 Å². The molecule has 514 valence electrons. The van der Waals surface area contributed by atoms with Crippen LogP contribution in [0.2, 0.25) is 0 Å². The van der Waals surface area contributed by atoms with Gasteiger partial charge in [-0.05, 0) is 328 Å². The predicted molar refractivity (Wildman–Crippen MR) is 479 cm³/mol. The standard InChI is InChI=1S/C111H70/c1-57-18-28-66(29-19-57)89-56-90(67-30-20-58(2)21-31-67)106-85-52-44-77-73-40-48-81-91-62(6)93-83-50-42-75-79-46-54-87-105-88(111-97(70-36-26-61(5)27-37-70)108-72(65-16-12-9-13-17-65)39-38-71(64-14-10-8-11-15-64)107(108)96(110(87)111)69-34-24-60(4)25-35-69)55-47-80(101(79)105)76-43-51-84(103(83)99(75)76)94(93)63(7)92(91)82-49-41-74(98(73)102(81)82)78-45-53-86(104(85)100(77)78)109(106)95(89)68-32-22-59(3)23-33-68/h8-56H,1-7H3. The van der Waals surface area contributed by atoms with Gasteiger partial charge < -0.3 is 0 Å². The summed E-state index contributed by atoms with van der Waals surface area (Å²) in [4.78, 5) is 0. The van der Waals surface area contributed by atoms with Crippen LogP contribution >= 0.6 is 0 Å². The Morgan fingerprint density at radius 3 is 0.676 bits per heavy atom. The van der Waals surface area contributed by atoms with E-state index in [1.807, 2.05) is 0 Å². The highest BCUT2D eigenvalue weighted by Crippen LogP contribution is 2.65. The van der Waals surface area contributed by atoms with Crippen LogP contribution in [-0.4, -0.2) is 0 Å². The SMILES string of the molecule is Cc1ccc(-c2cc(-c3ccc(C)cc3)c3c(c2-c2ccc(C)cc2)-c2ccc4c5ccc6c7c(C)c8c9ccc%10c%11ccc%12c%13c(ccc(c%14ccc(c8c(C)c7c7ccc(c8ccc-3c2c84)c5c76)c9c%14%10)c%13%11)-c2c-%12c(-c3ccc(C)cc3)c3c(-c4ccccc4)ccc(-c4ccccc4)c3c2-c2ccc(C)cc2)cc1. The van der Waals surface area contributed by atoms with E-state index in [2.05, 4.69) is 346 Å². The number of hydrogen-bond acceptors (Lipinski definition) is 0. The summed E-state index contributed by atoms with van der Waals surface area (Å²) in [5, 5.41) is 35.0. The van der Waals surface area contributed by atoms with Gasteiger partial charge in [0.2, 0.25) is 0 Å². The molecule has 0 aliphatic heterocycles. The minimum Gasteiger partial charge on any atom is -0.0622 e. The molecule has 0 nitrogen and oxygen atoms in total. The van der Waals surface area contributed by atoms with Gasteiger partial charge in [-0.25, -0.2) is 0 Å². The Labute approximate surface area is 642 Å². The topological polar surface area (TPSA) is 0 Å². The maximum absolute atomic E-state index is 2.51. The molecule has 0 saturated heterocycles. The number of rotatable bonds is 7. The molecule has 0 bridgehead atoms. The summed E-state index contributed by atoms with van der Waals surface area (Å²) >= 11 is 0. The largest absolute Gasteiger partial charge is 0.0622 e. The summed E-state index contributed by atoms with van der Waals surface area (Å²) < 4.78 is 0. The number of fused-ring (bicyclic) bond motifs is 17. The minimum absolute atomic E-state index is 1.21. The van der Waals surface area contributed by atoms with Crippen molar-refractivity contribution < 1.29 is 0 Å². The first-order valence-electron chi connectivity index (χ1n) is 39.5. The van der Waals surface area contributed by atoms with Crippen LogP contribution in [0.1, 0.15) is 38.9 Å². The summed E-state index contributed by atoms with van der Waals surface area (Å²) in [7, 11) is 0. The molecule has 111 heavy (non-hydrogen) atoms. The zero-order valence-corrected chi connectivity index (χ0v) is 62.8. The molecule has 0 atom stereocenters. The van der Waals surface area contributed by atoms with E-state index in [1.54, 1.807) is 0 Å². The smallest absolute Gasteiger partial charge is 0.000717 e. The molecule has 2 aliphatic rings. The lowest BCUT2D eigenvalue weighted by molar-refractivity contribution is 1.45. The first-order chi connectivity index (χ1) is 54.5. The van der Waals surface area contributed by atoms with Crippen LogP contribution in [0, 0.1) is 48.5 Å². The lowest BCUT2D eigenvalue weighted by Crippen LogP contribution is -1.98. The second-order valence-electron chi connectivity index (χ2n) is 32.6. The summed E-state index contributed by atoms with van der Waals surface area (Å²) in [6.07, 6.45) is 0. The maximum Gasteiger partial charge on any atom is -0.000717 e. The van der Waals surface area contributed by atoms with Gasteiger partial charge in [0.15, 0.2) is 0 Å². The third-order valence-corrected chi connectivity index (χ3v) is 26.7. The fourth-order valence-corrected chi connectivity index (χ4v) is 21.9. The molecule has 0 saturated carbocycles. The fourth-order valence-electron chi connectivity index (χ4n) is 21.9. The first kappa shape index (κ1) is 61.5. The molecule has 25 rings (SSSR count). The molecule has 0 fully saturated rings. The Hall–Kier alpha value is -13.5. The average molecular weight is 1400 g/mol. The molecular weight excluding hydrogens is 1330 g/mol. The zero-order chi connectivity index (χ0) is 73.4. The Morgan fingerprint density at radius 2 is 0.351 bits per heavy atom. The summed E-state index contributed by atoms with van der Waals surface area (Å²) in [5.41, 5.74) is 37.0. The van der Waals surface area contributed by atoms with Gasteiger partial charge in [-0.3, -0.25) is 0 Å². The van der Waals surface area contributed by atoms with Gasteiger partial charge in [0.05, 0.1) is 0 Å². The van der Waals surface area contributed by atoms with Gasteiger partial charge in [-0.2, -0.15) is 0 Å². The number of benzene rings is 21. The van der Waals surface area contributed by atoms with E-state index in [-0.39, 0.29) is 0 Å². The summed E-state index contributed by atoms with van der Waals surface area (Å²) in [5.74, 6) is 0. The average Bonchev–Trinajstić information content (AvgIpc) is 1.53. The Kier molecular flexibility index (Phi) is 12.1. The van der Waals surface area contributed by atoms with Gasteiger partial charge in [-0.1, -0.05) is 319 Å². The van der Waals surface area contributed by atoms with Gasteiger partial charge >= 0.3 is 0 Å². The molecule has 2 aliphatic carbocycles. The molecule has 0 radical (unpaired) electrons. The second kappa shape index (κ2) is 21.9. The van der Waals surface area contributed by atoms with Crippen LogP contribution in [0.3, 0.4) is 0 Å². The van der Waals surface area contributed by atoms with Crippen molar-refractivity contribution in [2.75, 3.05) is 0 Å². The Bertz CT molecular complexity index is 7750. The van der Waals surface area contributed by atoms with Crippen LogP contribution in [0.15, 0.2) is 297 Å². The van der Waals surface area contributed by atoms with Crippen molar-refractivity contribution in [1.29, 1.82) is 0 Å². The van der Waals surface area contributed by atoms with Crippen molar-refractivity contribution in [3.05, 3.63) is 336 Å². The van der Waals surface area contributed by atoms with Gasteiger partial charge in [0.25, 0.3) is 0 Å². The molecule has 0 heteroatoms. The van der Waals surface area contributed by atoms with E-state index in [1.165, 1.54) is 301 Å². The van der Waals surface area contributed by atoms with Crippen LogP contribution in [-0.2, 0) is 0 Å². The van der Waals surface area contributed by atoms with Crippen molar-refractivity contribution in [1.82, 2.24) is 0 Å². The third-order valence-electron chi connectivity index (χ3n) is 26.7. The van der Waals surface area contributed by atoms with E-state index < -0.39 is 0 Å². The highest BCUT2D eigenvalue weighted by Gasteiger charge is 2.37. The molecular formula is C111H70. The van der Waals surface area contributed by atoms with Gasteiger partial charge in [0.1, 0.15) is 0 Å². The quantitative estimate of drug-likeness (QED) is 0.110. The zero-order valence-electron chi connectivity index (χ0n) is 62.8. The number of hydrogen-bond donors (Lipinski definition) is 0. The lowest BCUT2D eigenvalue weighted by Gasteiger charge is -2.25. The van der Waals surface area contributed by atoms with Crippen LogP contribution in [0.25, 0.3) is 262 Å². The van der Waals surface area contributed by atoms with Gasteiger partial charge in [0, 0.05) is 0 Å². The van der Waals surface area contributed by atoms with Crippen molar-refractivity contribution in [2.45, 2.75) is 48.5 Å². The predicted octanol–water partition coefficient (Wildman–Crippen LogP) is 31.6. The van der Waals surface area contributed by atoms with Crippen LogP contribution in [0.5, 0.6) is 0 Å². The molecule has 0 unspecified atom stereocenters. The lowest BCUT2D eigenvalue weighted by atomic mass is 9.78. The van der Waals surface area contributed by atoms with Gasteiger partial charge in [-0.15, -0.1) is 0 Å². The monoisotopic (exact) mass is 1400 g/mol. The summed E-state index contributed by atoms with van der Waals surface area (Å²) in [6.45, 7) is 15.9. The molecule has 23 aromatic rings. The van der Waals surface area contributed by atoms with Crippen molar-refractivity contribution in [2.24, 2.45) is 0 Å². The van der Waals surface area contributed by atoms with E-state index in [9.17, 15) is 0 Å². The number of aryl methyl sites for hydroxylation is 7.